The summed E-state index contributed by atoms with van der Waals surface area (Å²) in [5, 5.41) is 7.14. The molecule has 1 atom stereocenters. The molecule has 0 saturated carbocycles. The van der Waals surface area contributed by atoms with Crippen LogP contribution >= 0.6 is 23.1 Å². The van der Waals surface area contributed by atoms with Crippen LogP contribution in [0.2, 0.25) is 0 Å². The quantitative estimate of drug-likeness (QED) is 0.532. The van der Waals surface area contributed by atoms with E-state index in [1.54, 1.807) is 6.92 Å². The first-order chi connectivity index (χ1) is 15.3. The van der Waals surface area contributed by atoms with Crippen molar-refractivity contribution < 1.29 is 28.4 Å². The van der Waals surface area contributed by atoms with Gasteiger partial charge in [0.05, 0.1) is 23.6 Å². The van der Waals surface area contributed by atoms with Crippen LogP contribution in [-0.2, 0) is 37.7 Å². The topological polar surface area (TPSA) is 108 Å². The Hall–Kier alpha value is -2.33. The minimum Gasteiger partial charge on any atom is -0.462 e. The number of carbonyl (C=O) groups is 3. The number of rotatable bonds is 9. The lowest BCUT2D eigenvalue weighted by molar-refractivity contribution is -0.150. The molecular weight excluding hydrogens is 452 g/mol. The van der Waals surface area contributed by atoms with Gasteiger partial charge in [0.1, 0.15) is 10.8 Å². The summed E-state index contributed by atoms with van der Waals surface area (Å²) in [6.07, 6.45) is 2.75. The smallest absolute Gasteiger partial charge is 0.341 e. The molecule has 0 radical (unpaired) electrons. The molecule has 0 aromatic carbocycles. The molecule has 32 heavy (non-hydrogen) atoms. The highest BCUT2D eigenvalue weighted by atomic mass is 32.2. The fourth-order valence-electron chi connectivity index (χ4n) is 3.52. The van der Waals surface area contributed by atoms with Gasteiger partial charge in [0.2, 0.25) is 0 Å². The first kappa shape index (κ1) is 24.3. The van der Waals surface area contributed by atoms with E-state index in [-0.39, 0.29) is 12.4 Å². The summed E-state index contributed by atoms with van der Waals surface area (Å²) in [4.78, 5) is 38.5. The minimum atomic E-state index is -0.990. The average molecular weight is 481 g/mol. The van der Waals surface area contributed by atoms with E-state index in [2.05, 4.69) is 10.5 Å². The van der Waals surface area contributed by atoms with E-state index in [1.165, 1.54) is 30.0 Å². The van der Waals surface area contributed by atoms with Crippen molar-refractivity contribution in [3.63, 3.8) is 0 Å². The van der Waals surface area contributed by atoms with Crippen molar-refractivity contribution in [2.24, 2.45) is 0 Å². The van der Waals surface area contributed by atoms with Crippen LogP contribution in [0.3, 0.4) is 0 Å². The second-order valence-electron chi connectivity index (χ2n) is 7.55. The number of hydrogen-bond donors (Lipinski definition) is 1. The largest absolute Gasteiger partial charge is 0.462 e. The number of amides is 1. The number of ether oxygens (including phenoxy) is 2. The zero-order chi connectivity index (χ0) is 23.3. The highest BCUT2D eigenvalue weighted by Crippen LogP contribution is 2.38. The summed E-state index contributed by atoms with van der Waals surface area (Å²) in [5.74, 6) is 0.0113. The molecule has 0 bridgehead atoms. The molecule has 1 aliphatic rings. The van der Waals surface area contributed by atoms with Crippen LogP contribution in [0.1, 0.15) is 64.5 Å². The van der Waals surface area contributed by atoms with Crippen LogP contribution in [-0.4, -0.2) is 41.5 Å². The third kappa shape index (κ3) is 5.72. The van der Waals surface area contributed by atoms with E-state index in [1.807, 2.05) is 13.8 Å². The number of aromatic nitrogens is 1. The Balaban J connectivity index is 1.57. The number of carbonyl (C=O) groups excluding carboxylic acids is 3. The van der Waals surface area contributed by atoms with Crippen molar-refractivity contribution in [1.82, 2.24) is 5.16 Å². The van der Waals surface area contributed by atoms with E-state index in [9.17, 15) is 14.4 Å². The first-order valence-corrected chi connectivity index (χ1v) is 12.6. The Morgan fingerprint density at radius 1 is 1.25 bits per heavy atom. The first-order valence-electron chi connectivity index (χ1n) is 10.6. The van der Waals surface area contributed by atoms with Gasteiger partial charge in [-0.15, -0.1) is 23.1 Å². The molecule has 1 aliphatic carbocycles. The molecule has 174 valence electrons. The Bertz CT molecular complexity index is 977. The SMILES string of the molecule is CCOC(=O)c1c(NC(=O)C(C)OC(=O)CSCc2c(C)noc2C)sc2c1CCCC2. The van der Waals surface area contributed by atoms with Crippen molar-refractivity contribution in [3.8, 4) is 0 Å². The zero-order valence-corrected chi connectivity index (χ0v) is 20.4. The summed E-state index contributed by atoms with van der Waals surface area (Å²) < 4.78 is 15.6. The number of aryl methyl sites for hydroxylation is 3. The highest BCUT2D eigenvalue weighted by molar-refractivity contribution is 7.99. The van der Waals surface area contributed by atoms with Gasteiger partial charge in [0.15, 0.2) is 6.10 Å². The van der Waals surface area contributed by atoms with Crippen LogP contribution in [0.4, 0.5) is 5.00 Å². The van der Waals surface area contributed by atoms with Crippen molar-refractivity contribution >= 4 is 45.9 Å². The molecular formula is C22H28N2O6S2. The van der Waals surface area contributed by atoms with Crippen LogP contribution in [0.25, 0.3) is 0 Å². The summed E-state index contributed by atoms with van der Waals surface area (Å²) >= 11 is 2.77. The zero-order valence-electron chi connectivity index (χ0n) is 18.7. The Morgan fingerprint density at radius 2 is 2.00 bits per heavy atom. The van der Waals surface area contributed by atoms with E-state index in [4.69, 9.17) is 14.0 Å². The third-order valence-corrected chi connectivity index (χ3v) is 7.35. The molecule has 1 unspecified atom stereocenters. The third-order valence-electron chi connectivity index (χ3n) is 5.21. The van der Waals surface area contributed by atoms with Crippen molar-refractivity contribution in [3.05, 3.63) is 33.0 Å². The van der Waals surface area contributed by atoms with E-state index >= 15 is 0 Å². The van der Waals surface area contributed by atoms with E-state index in [0.29, 0.717) is 16.3 Å². The van der Waals surface area contributed by atoms with Gasteiger partial charge in [-0.25, -0.2) is 4.79 Å². The second kappa shape index (κ2) is 11.0. The molecule has 3 rings (SSSR count). The van der Waals surface area contributed by atoms with Gasteiger partial charge in [-0.05, 0) is 58.9 Å². The molecule has 1 N–H and O–H groups in total. The highest BCUT2D eigenvalue weighted by Gasteiger charge is 2.28. The second-order valence-corrected chi connectivity index (χ2v) is 9.64. The van der Waals surface area contributed by atoms with Crippen molar-refractivity contribution in [2.75, 3.05) is 17.7 Å². The molecule has 0 saturated heterocycles. The molecule has 0 spiro atoms. The number of nitrogens with one attached hydrogen (secondary N) is 1. The van der Waals surface area contributed by atoms with Gasteiger partial charge in [-0.1, -0.05) is 5.16 Å². The van der Waals surface area contributed by atoms with E-state index in [0.717, 1.165) is 53.1 Å². The van der Waals surface area contributed by atoms with Gasteiger partial charge >= 0.3 is 11.9 Å². The summed E-state index contributed by atoms with van der Waals surface area (Å²) in [5.41, 5.74) is 3.16. The van der Waals surface area contributed by atoms with Crippen LogP contribution in [0, 0.1) is 13.8 Å². The molecule has 10 heteroatoms. The van der Waals surface area contributed by atoms with Crippen LogP contribution in [0.5, 0.6) is 0 Å². The molecule has 1 amide bonds. The molecule has 8 nitrogen and oxygen atoms in total. The lowest BCUT2D eigenvalue weighted by Gasteiger charge is -2.14. The summed E-state index contributed by atoms with van der Waals surface area (Å²) in [6.45, 7) is 7.21. The predicted octanol–water partition coefficient (Wildman–Crippen LogP) is 4.21. The molecule has 2 heterocycles. The maximum absolute atomic E-state index is 12.7. The predicted molar refractivity (Wildman–Crippen MR) is 123 cm³/mol. The number of hydrogen-bond acceptors (Lipinski definition) is 9. The lowest BCUT2D eigenvalue weighted by atomic mass is 9.95. The minimum absolute atomic E-state index is 0.100. The van der Waals surface area contributed by atoms with Gasteiger partial charge in [0, 0.05) is 16.2 Å². The normalized spacial score (nSPS) is 13.9. The standard InChI is InChI=1S/C22H28N2O6S2/c1-5-28-22(27)19-15-8-6-7-9-17(15)32-21(19)23-20(26)14(4)29-18(25)11-31-10-16-12(2)24-30-13(16)3/h14H,5-11H2,1-4H3,(H,23,26). The van der Waals surface area contributed by atoms with Crippen molar-refractivity contribution in [2.45, 2.75) is 65.2 Å². The van der Waals surface area contributed by atoms with Gasteiger partial charge in [-0.2, -0.15) is 0 Å². The van der Waals surface area contributed by atoms with E-state index < -0.39 is 23.9 Å². The number of thioether (sulfide) groups is 1. The molecule has 0 fully saturated rings. The fourth-order valence-corrected chi connectivity index (χ4v) is 5.75. The van der Waals surface area contributed by atoms with Gasteiger partial charge in [-0.3, -0.25) is 9.59 Å². The maximum Gasteiger partial charge on any atom is 0.341 e. The Labute approximate surface area is 195 Å². The maximum atomic E-state index is 12.7. The van der Waals surface area contributed by atoms with Crippen LogP contribution < -0.4 is 5.32 Å². The number of thiophene rings is 1. The number of fused-ring (bicyclic) bond motifs is 1. The number of anilines is 1. The number of esters is 2. The molecule has 2 aromatic heterocycles. The average Bonchev–Trinajstić information content (AvgIpc) is 3.27. The summed E-state index contributed by atoms with van der Waals surface area (Å²) in [6, 6.07) is 0. The van der Waals surface area contributed by atoms with Crippen LogP contribution in [0.15, 0.2) is 4.52 Å². The Kier molecular flexibility index (Phi) is 8.36. The van der Waals surface area contributed by atoms with Gasteiger partial charge < -0.3 is 19.3 Å². The fraction of sp³-hybridized carbons (Fsp3) is 0.545. The number of nitrogens with zero attached hydrogens (tertiary/aromatic N) is 1. The Morgan fingerprint density at radius 3 is 2.69 bits per heavy atom. The molecule has 0 aliphatic heterocycles. The monoisotopic (exact) mass is 480 g/mol. The van der Waals surface area contributed by atoms with Gasteiger partial charge in [0.25, 0.3) is 5.91 Å². The lowest BCUT2D eigenvalue weighted by Crippen LogP contribution is -2.30. The summed E-state index contributed by atoms with van der Waals surface area (Å²) in [7, 11) is 0. The van der Waals surface area contributed by atoms with Crippen molar-refractivity contribution in [1.29, 1.82) is 0 Å². The molecule has 2 aromatic rings.